The van der Waals surface area contributed by atoms with Crippen LogP contribution in [-0.4, -0.2) is 50.5 Å². The van der Waals surface area contributed by atoms with Gasteiger partial charge < -0.3 is 15.4 Å². The molecule has 2 N–H and O–H groups in total. The molecular weight excluding hydrogens is 442 g/mol. The van der Waals surface area contributed by atoms with Crippen LogP contribution in [0.1, 0.15) is 23.0 Å². The fourth-order valence-electron chi connectivity index (χ4n) is 2.44. The fourth-order valence-corrected chi connectivity index (χ4v) is 3.81. The van der Waals surface area contributed by atoms with E-state index >= 15 is 0 Å². The zero-order valence-electron chi connectivity index (χ0n) is 16.7. The van der Waals surface area contributed by atoms with Gasteiger partial charge in [0.1, 0.15) is 11.5 Å². The zero-order chi connectivity index (χ0) is 22.4. The van der Waals surface area contributed by atoms with Gasteiger partial charge >= 0.3 is 5.97 Å². The maximum Gasteiger partial charge on any atom is 0.338 e. The molecule has 3 rings (SSSR count). The second-order valence-electron chi connectivity index (χ2n) is 6.20. The van der Waals surface area contributed by atoms with E-state index in [1.54, 1.807) is 43.5 Å². The number of hydrogen-bond acceptors (Lipinski definition) is 9. The van der Waals surface area contributed by atoms with Gasteiger partial charge in [-0.3, -0.25) is 14.4 Å². The summed E-state index contributed by atoms with van der Waals surface area (Å²) in [7, 11) is 0. The summed E-state index contributed by atoms with van der Waals surface area (Å²) in [5.41, 5.74) is 0.761. The molecule has 0 saturated heterocycles. The van der Waals surface area contributed by atoms with E-state index in [4.69, 9.17) is 4.74 Å². The molecule has 0 spiro atoms. The third-order valence-electron chi connectivity index (χ3n) is 3.86. The van der Waals surface area contributed by atoms with Gasteiger partial charge in [0.2, 0.25) is 16.8 Å². The number of fused-ring (bicyclic) bond motifs is 1. The van der Waals surface area contributed by atoms with E-state index in [0.29, 0.717) is 22.0 Å². The van der Waals surface area contributed by atoms with Crippen molar-refractivity contribution in [2.45, 2.75) is 13.8 Å². The summed E-state index contributed by atoms with van der Waals surface area (Å²) in [6, 6.07) is 6.35. The molecule has 3 aromatic rings. The van der Waals surface area contributed by atoms with Crippen molar-refractivity contribution in [3.05, 3.63) is 51.3 Å². The largest absolute Gasteiger partial charge is 0.462 e. The normalized spacial score (nSPS) is 10.6. The lowest BCUT2D eigenvalue weighted by molar-refractivity contribution is -0.114. The van der Waals surface area contributed by atoms with Gasteiger partial charge in [-0.2, -0.15) is 14.6 Å². The quantitative estimate of drug-likeness (QED) is 0.487. The highest BCUT2D eigenvalue weighted by Gasteiger charge is 2.12. The van der Waals surface area contributed by atoms with Crippen molar-refractivity contribution in [1.29, 1.82) is 0 Å². The number of thioether (sulfide) groups is 1. The molecule has 10 nitrogen and oxygen atoms in total. The SMILES string of the molecule is CCOC(=O)c1ccc(NC(=O)CSCC(=O)Nc2csc3nc(=O)c(C)nn23)cc1. The third-order valence-corrected chi connectivity index (χ3v) is 5.60. The summed E-state index contributed by atoms with van der Waals surface area (Å²) in [6.07, 6.45) is 0. The van der Waals surface area contributed by atoms with E-state index in [0.717, 1.165) is 11.8 Å². The van der Waals surface area contributed by atoms with Gasteiger partial charge in [0.25, 0.3) is 5.56 Å². The van der Waals surface area contributed by atoms with Crippen molar-refractivity contribution in [2.75, 3.05) is 28.7 Å². The summed E-state index contributed by atoms with van der Waals surface area (Å²) in [4.78, 5) is 51.7. The molecule has 0 radical (unpaired) electrons. The highest BCUT2D eigenvalue weighted by Crippen LogP contribution is 2.17. The molecule has 2 heterocycles. The number of hydrogen-bond donors (Lipinski definition) is 2. The predicted octanol–water partition coefficient (Wildman–Crippen LogP) is 1.95. The summed E-state index contributed by atoms with van der Waals surface area (Å²) >= 11 is 2.33. The van der Waals surface area contributed by atoms with E-state index in [9.17, 15) is 19.2 Å². The number of carbonyl (C=O) groups excluding carboxylic acids is 3. The standard InChI is InChI=1S/C19H19N5O5S2/c1-3-29-18(28)12-4-6-13(7-5-12)20-15(25)9-30-10-16(26)21-14-8-31-19-22-17(27)11(2)23-24(14)19/h4-8H,3,9-10H2,1-2H3,(H,20,25)(H,21,26). The Morgan fingerprint density at radius 2 is 1.81 bits per heavy atom. The number of thiazole rings is 1. The van der Waals surface area contributed by atoms with E-state index in [1.807, 2.05) is 0 Å². The molecule has 12 heteroatoms. The van der Waals surface area contributed by atoms with Gasteiger partial charge in [-0.15, -0.1) is 23.1 Å². The van der Waals surface area contributed by atoms with Crippen molar-refractivity contribution in [3.63, 3.8) is 0 Å². The Morgan fingerprint density at radius 3 is 2.48 bits per heavy atom. The lowest BCUT2D eigenvalue weighted by Crippen LogP contribution is -2.20. The van der Waals surface area contributed by atoms with Gasteiger partial charge in [0.05, 0.1) is 23.7 Å². The Labute approximate surface area is 185 Å². The highest BCUT2D eigenvalue weighted by molar-refractivity contribution is 8.00. The molecule has 0 aliphatic heterocycles. The number of carbonyl (C=O) groups is 3. The van der Waals surface area contributed by atoms with Gasteiger partial charge in [0.15, 0.2) is 0 Å². The fraction of sp³-hybridized carbons (Fsp3) is 0.263. The molecule has 0 unspecified atom stereocenters. The highest BCUT2D eigenvalue weighted by atomic mass is 32.2. The number of amides is 2. The third kappa shape index (κ3) is 5.89. The molecule has 0 fully saturated rings. The number of aryl methyl sites for hydroxylation is 1. The number of benzene rings is 1. The average molecular weight is 462 g/mol. The first kappa shape index (κ1) is 22.4. The van der Waals surface area contributed by atoms with E-state index in [1.165, 1.54) is 15.9 Å². The van der Waals surface area contributed by atoms with Crippen molar-refractivity contribution >= 4 is 57.3 Å². The Balaban J connectivity index is 1.46. The number of anilines is 2. The number of nitrogens with one attached hydrogen (secondary N) is 2. The van der Waals surface area contributed by atoms with Gasteiger partial charge in [-0.05, 0) is 38.1 Å². The Kier molecular flexibility index (Phi) is 7.36. The summed E-state index contributed by atoms with van der Waals surface area (Å²) in [5, 5.41) is 11.1. The minimum Gasteiger partial charge on any atom is -0.462 e. The molecule has 0 aliphatic carbocycles. The second kappa shape index (κ2) is 10.2. The molecular formula is C19H19N5O5S2. The first-order valence-corrected chi connectivity index (χ1v) is 11.2. The molecule has 162 valence electrons. The van der Waals surface area contributed by atoms with Crippen LogP contribution in [0.3, 0.4) is 0 Å². The Bertz CT molecular complexity index is 1170. The van der Waals surface area contributed by atoms with Crippen molar-refractivity contribution in [2.24, 2.45) is 0 Å². The van der Waals surface area contributed by atoms with Crippen LogP contribution < -0.4 is 16.2 Å². The molecule has 2 aromatic heterocycles. The molecule has 0 atom stereocenters. The van der Waals surface area contributed by atoms with Gasteiger partial charge in [-0.1, -0.05) is 0 Å². The first-order chi connectivity index (χ1) is 14.9. The maximum atomic E-state index is 12.2. The Hall–Kier alpha value is -3.25. The minimum absolute atomic E-state index is 0.0547. The van der Waals surface area contributed by atoms with Crippen LogP contribution in [0, 0.1) is 6.92 Å². The summed E-state index contributed by atoms with van der Waals surface area (Å²) in [5.74, 6) is -0.473. The van der Waals surface area contributed by atoms with Crippen LogP contribution in [-0.2, 0) is 14.3 Å². The van der Waals surface area contributed by atoms with Crippen LogP contribution in [0.5, 0.6) is 0 Å². The lowest BCUT2D eigenvalue weighted by atomic mass is 10.2. The zero-order valence-corrected chi connectivity index (χ0v) is 18.3. The molecule has 2 amide bonds. The van der Waals surface area contributed by atoms with E-state index in [-0.39, 0.29) is 35.6 Å². The minimum atomic E-state index is -0.423. The van der Waals surface area contributed by atoms with Crippen LogP contribution in [0.2, 0.25) is 0 Å². The van der Waals surface area contributed by atoms with Crippen molar-refractivity contribution < 1.29 is 19.1 Å². The topological polar surface area (TPSA) is 132 Å². The molecule has 0 bridgehead atoms. The average Bonchev–Trinajstić information content (AvgIpc) is 3.10. The molecule has 0 aliphatic rings. The van der Waals surface area contributed by atoms with Crippen LogP contribution in [0.15, 0.2) is 34.4 Å². The first-order valence-electron chi connectivity index (χ1n) is 9.17. The molecule has 31 heavy (non-hydrogen) atoms. The smallest absolute Gasteiger partial charge is 0.338 e. The lowest BCUT2D eigenvalue weighted by Gasteiger charge is -2.07. The van der Waals surface area contributed by atoms with Crippen molar-refractivity contribution in [1.82, 2.24) is 14.6 Å². The Morgan fingerprint density at radius 1 is 1.13 bits per heavy atom. The number of aromatic nitrogens is 3. The second-order valence-corrected chi connectivity index (χ2v) is 8.03. The number of nitrogens with zero attached hydrogens (tertiary/aromatic N) is 3. The molecule has 0 saturated carbocycles. The summed E-state index contributed by atoms with van der Waals surface area (Å²) < 4.78 is 6.31. The van der Waals surface area contributed by atoms with E-state index < -0.39 is 11.5 Å². The summed E-state index contributed by atoms with van der Waals surface area (Å²) in [6.45, 7) is 3.56. The van der Waals surface area contributed by atoms with Gasteiger partial charge in [0, 0.05) is 11.1 Å². The van der Waals surface area contributed by atoms with Crippen molar-refractivity contribution in [3.8, 4) is 0 Å². The van der Waals surface area contributed by atoms with E-state index in [2.05, 4.69) is 20.7 Å². The monoisotopic (exact) mass is 461 g/mol. The van der Waals surface area contributed by atoms with Crippen LogP contribution in [0.25, 0.3) is 4.96 Å². The number of rotatable bonds is 8. The molecule has 1 aromatic carbocycles. The van der Waals surface area contributed by atoms with Crippen LogP contribution in [0.4, 0.5) is 11.5 Å². The number of esters is 1. The van der Waals surface area contributed by atoms with Gasteiger partial charge in [-0.25, -0.2) is 4.79 Å². The maximum absolute atomic E-state index is 12.2. The van der Waals surface area contributed by atoms with Crippen LogP contribution >= 0.6 is 23.1 Å². The predicted molar refractivity (Wildman–Crippen MR) is 119 cm³/mol. The number of ether oxygens (including phenoxy) is 1.